The topological polar surface area (TPSA) is 35.2 Å². The van der Waals surface area contributed by atoms with Crippen molar-refractivity contribution >= 4 is 28.3 Å². The molecule has 0 saturated heterocycles. The Balaban J connectivity index is 0.000000845. The number of fused-ring (bicyclic) bond motifs is 1. The van der Waals surface area contributed by atoms with E-state index in [4.69, 9.17) is 10.5 Å². The lowest BCUT2D eigenvalue weighted by molar-refractivity contribution is 0.353. The molecule has 2 rings (SSSR count). The van der Waals surface area contributed by atoms with Gasteiger partial charge in [-0.1, -0.05) is 15.9 Å². The van der Waals surface area contributed by atoms with Crippen LogP contribution < -0.4 is 10.5 Å². The summed E-state index contributed by atoms with van der Waals surface area (Å²) in [7, 11) is 0. The van der Waals surface area contributed by atoms with Crippen LogP contribution in [0.3, 0.4) is 0 Å². The highest BCUT2D eigenvalue weighted by Crippen LogP contribution is 2.32. The molecule has 1 aliphatic rings. The van der Waals surface area contributed by atoms with Crippen LogP contribution in [0.25, 0.3) is 0 Å². The summed E-state index contributed by atoms with van der Waals surface area (Å²) in [5.41, 5.74) is 7.95. The van der Waals surface area contributed by atoms with E-state index < -0.39 is 0 Å². The fraction of sp³-hybridized carbons (Fsp3) is 0.333. The lowest BCUT2D eigenvalue weighted by Crippen LogP contribution is -1.99. The summed E-state index contributed by atoms with van der Waals surface area (Å²) in [6.45, 7) is 1.33. The van der Waals surface area contributed by atoms with Crippen molar-refractivity contribution in [3.63, 3.8) is 0 Å². The molecule has 0 saturated carbocycles. The maximum Gasteiger partial charge on any atom is 0.127 e. The third kappa shape index (κ3) is 1.98. The van der Waals surface area contributed by atoms with Crippen molar-refractivity contribution in [2.45, 2.75) is 13.0 Å². The quantitative estimate of drug-likeness (QED) is 0.844. The lowest BCUT2D eigenvalue weighted by atomic mass is 10.1. The lowest BCUT2D eigenvalue weighted by Gasteiger charge is -2.05. The van der Waals surface area contributed by atoms with Crippen LogP contribution in [0.1, 0.15) is 11.1 Å². The molecule has 1 aliphatic heterocycles. The molecule has 0 spiro atoms. The zero-order valence-corrected chi connectivity index (χ0v) is 9.45. The number of hydrogen-bond donors (Lipinski definition) is 1. The Bertz CT molecular complexity index is 317. The van der Waals surface area contributed by atoms with Crippen LogP contribution in [0.5, 0.6) is 5.75 Å². The van der Waals surface area contributed by atoms with Gasteiger partial charge in [-0.15, -0.1) is 12.4 Å². The van der Waals surface area contributed by atoms with E-state index in [1.165, 1.54) is 5.56 Å². The van der Waals surface area contributed by atoms with Crippen molar-refractivity contribution in [3.05, 3.63) is 27.7 Å². The highest BCUT2D eigenvalue weighted by atomic mass is 79.9. The van der Waals surface area contributed by atoms with E-state index >= 15 is 0 Å². The highest BCUT2D eigenvalue weighted by molar-refractivity contribution is 9.10. The Morgan fingerprint density at radius 3 is 2.92 bits per heavy atom. The van der Waals surface area contributed by atoms with Gasteiger partial charge in [0.2, 0.25) is 0 Å². The van der Waals surface area contributed by atoms with Crippen LogP contribution >= 0.6 is 28.3 Å². The molecule has 72 valence electrons. The van der Waals surface area contributed by atoms with Gasteiger partial charge in [-0.2, -0.15) is 0 Å². The van der Waals surface area contributed by atoms with E-state index in [9.17, 15) is 0 Å². The Hall–Kier alpha value is -0.250. The van der Waals surface area contributed by atoms with Crippen molar-refractivity contribution in [1.29, 1.82) is 0 Å². The van der Waals surface area contributed by atoms with Crippen LogP contribution in [0.4, 0.5) is 0 Å². The number of hydrogen-bond acceptors (Lipinski definition) is 2. The molecule has 4 heteroatoms. The van der Waals surface area contributed by atoms with E-state index in [2.05, 4.69) is 22.0 Å². The van der Waals surface area contributed by atoms with Gasteiger partial charge in [-0.3, -0.25) is 0 Å². The van der Waals surface area contributed by atoms with Crippen LogP contribution in [0.2, 0.25) is 0 Å². The fourth-order valence-corrected chi connectivity index (χ4v) is 2.05. The molecule has 1 aromatic rings. The summed E-state index contributed by atoms with van der Waals surface area (Å²) >= 11 is 3.45. The molecule has 0 amide bonds. The van der Waals surface area contributed by atoms with Crippen LogP contribution in [0, 0.1) is 0 Å². The Kier molecular flexibility index (Phi) is 3.59. The monoisotopic (exact) mass is 263 g/mol. The maximum absolute atomic E-state index is 5.59. The summed E-state index contributed by atoms with van der Waals surface area (Å²) in [6.07, 6.45) is 1.00. The molecule has 0 unspecified atom stereocenters. The predicted molar refractivity (Wildman–Crippen MR) is 58.5 cm³/mol. The first-order chi connectivity index (χ1) is 5.81. The number of ether oxygens (including phenoxy) is 1. The third-order valence-electron chi connectivity index (χ3n) is 2.05. The zero-order chi connectivity index (χ0) is 8.55. The molecule has 13 heavy (non-hydrogen) atoms. The van der Waals surface area contributed by atoms with Crippen LogP contribution in [-0.2, 0) is 13.0 Å². The molecule has 0 fully saturated rings. The average molecular weight is 265 g/mol. The molecule has 1 aromatic carbocycles. The van der Waals surface area contributed by atoms with Crippen molar-refractivity contribution in [2.75, 3.05) is 6.61 Å². The van der Waals surface area contributed by atoms with Crippen molar-refractivity contribution in [3.8, 4) is 5.75 Å². The Morgan fingerprint density at radius 2 is 2.23 bits per heavy atom. The largest absolute Gasteiger partial charge is 0.493 e. The van der Waals surface area contributed by atoms with Crippen molar-refractivity contribution in [1.82, 2.24) is 0 Å². The highest BCUT2D eigenvalue weighted by Gasteiger charge is 2.15. The SMILES string of the molecule is Cl.NCc1cc(Br)cc2c1OCC2. The standard InChI is InChI=1S/C9H10BrNO.ClH/c10-8-3-6-1-2-12-9(6)7(4-8)5-11;/h3-4H,1-2,5,11H2;1H. The minimum absolute atomic E-state index is 0. The van der Waals surface area contributed by atoms with E-state index in [-0.39, 0.29) is 12.4 Å². The molecule has 2 nitrogen and oxygen atoms in total. The molecular weight excluding hydrogens is 253 g/mol. The van der Waals surface area contributed by atoms with Crippen LogP contribution in [-0.4, -0.2) is 6.61 Å². The second-order valence-electron chi connectivity index (χ2n) is 2.86. The molecule has 0 bridgehead atoms. The van der Waals surface area contributed by atoms with Gasteiger partial charge in [0.1, 0.15) is 5.75 Å². The molecule has 0 aromatic heterocycles. The predicted octanol–water partition coefficient (Wildman–Crippen LogP) is 2.26. The van der Waals surface area contributed by atoms with Gasteiger partial charge in [0, 0.05) is 23.0 Å². The Labute approximate surface area is 92.0 Å². The number of halogens is 2. The minimum Gasteiger partial charge on any atom is -0.493 e. The van der Waals surface area contributed by atoms with Crippen molar-refractivity contribution < 1.29 is 4.74 Å². The summed E-state index contributed by atoms with van der Waals surface area (Å²) in [4.78, 5) is 0. The second-order valence-corrected chi connectivity index (χ2v) is 3.77. The summed E-state index contributed by atoms with van der Waals surface area (Å²) in [5.74, 6) is 1.00. The summed E-state index contributed by atoms with van der Waals surface area (Å²) < 4.78 is 6.56. The molecule has 0 atom stereocenters. The number of rotatable bonds is 1. The molecular formula is C9H11BrClNO. The summed E-state index contributed by atoms with van der Waals surface area (Å²) in [6, 6.07) is 4.12. The first kappa shape index (κ1) is 10.8. The second kappa shape index (κ2) is 4.31. The third-order valence-corrected chi connectivity index (χ3v) is 2.50. The van der Waals surface area contributed by atoms with Gasteiger partial charge in [0.05, 0.1) is 6.61 Å². The van der Waals surface area contributed by atoms with Gasteiger partial charge in [-0.25, -0.2) is 0 Å². The first-order valence-electron chi connectivity index (χ1n) is 3.95. The Morgan fingerprint density at radius 1 is 1.46 bits per heavy atom. The van der Waals surface area contributed by atoms with E-state index in [0.29, 0.717) is 6.54 Å². The van der Waals surface area contributed by atoms with E-state index in [0.717, 1.165) is 28.8 Å². The number of nitrogens with two attached hydrogens (primary N) is 1. The summed E-state index contributed by atoms with van der Waals surface area (Å²) in [5, 5.41) is 0. The smallest absolute Gasteiger partial charge is 0.127 e. The fourth-order valence-electron chi connectivity index (χ4n) is 1.50. The molecule has 1 heterocycles. The average Bonchev–Trinajstić information content (AvgIpc) is 2.50. The van der Waals surface area contributed by atoms with Gasteiger partial charge in [0.25, 0.3) is 0 Å². The van der Waals surface area contributed by atoms with Gasteiger partial charge in [0.15, 0.2) is 0 Å². The first-order valence-corrected chi connectivity index (χ1v) is 4.74. The van der Waals surface area contributed by atoms with Gasteiger partial charge >= 0.3 is 0 Å². The number of benzene rings is 1. The van der Waals surface area contributed by atoms with E-state index in [1.54, 1.807) is 0 Å². The molecule has 2 N–H and O–H groups in total. The molecule has 0 radical (unpaired) electrons. The van der Waals surface area contributed by atoms with Gasteiger partial charge in [-0.05, 0) is 17.7 Å². The zero-order valence-electron chi connectivity index (χ0n) is 7.05. The van der Waals surface area contributed by atoms with Crippen molar-refractivity contribution in [2.24, 2.45) is 5.73 Å². The van der Waals surface area contributed by atoms with Gasteiger partial charge < -0.3 is 10.5 Å². The maximum atomic E-state index is 5.59. The van der Waals surface area contributed by atoms with E-state index in [1.807, 2.05) is 6.07 Å². The van der Waals surface area contributed by atoms with Crippen LogP contribution in [0.15, 0.2) is 16.6 Å². The molecule has 0 aliphatic carbocycles. The minimum atomic E-state index is 0. The normalized spacial score (nSPS) is 13.1.